The molecule has 1 fully saturated rings. The van der Waals surface area contributed by atoms with Gasteiger partial charge < -0.3 is 9.64 Å². The summed E-state index contributed by atoms with van der Waals surface area (Å²) in [5.41, 5.74) is 2.24. The first-order valence-corrected chi connectivity index (χ1v) is 13.0. The zero-order valence-corrected chi connectivity index (χ0v) is 21.1. The Hall–Kier alpha value is -1.78. The first kappa shape index (κ1) is 27.3. The Morgan fingerprint density at radius 1 is 1.16 bits per heavy atom. The first-order chi connectivity index (χ1) is 15.2. The summed E-state index contributed by atoms with van der Waals surface area (Å²) in [5.74, 6) is 0.716. The number of thioether (sulfide) groups is 1. The average Bonchev–Trinajstić information content (AvgIpc) is 2.84. The van der Waals surface area contributed by atoms with Crippen LogP contribution in [-0.4, -0.2) is 35.5 Å². The second kappa shape index (κ2) is 16.9. The Kier molecular flexibility index (Phi) is 14.8. The number of hydrogen-bond donors (Lipinski definition) is 0. The summed E-state index contributed by atoms with van der Waals surface area (Å²) in [4.78, 5) is 7.21. The monoisotopic (exact) mass is 442 g/mol. The van der Waals surface area contributed by atoms with Crippen molar-refractivity contribution in [2.45, 2.75) is 72.3 Å². The molecule has 0 unspecified atom stereocenters. The summed E-state index contributed by atoms with van der Waals surface area (Å²) in [6.45, 7) is 14.6. The molecule has 3 nitrogen and oxygen atoms in total. The number of benzene rings is 1. The Morgan fingerprint density at radius 3 is 2.42 bits per heavy atom. The van der Waals surface area contributed by atoms with Crippen LogP contribution >= 0.6 is 11.8 Å². The molecule has 0 heterocycles. The van der Waals surface area contributed by atoms with E-state index < -0.39 is 0 Å². The van der Waals surface area contributed by atoms with E-state index in [2.05, 4.69) is 36.4 Å². The standard InChI is InChI=1S/C25H36N2OS.C2H6/c1-5-24(28-25(29-4)26-22-13-9-7-10-14-22)18-17-21(3)19-20-27(6-2)23-15-11-8-12-16-23;1-2/h5,7,9-10,13-14,17-18,23H,1,6,8,11-12,15-16,19-20H2,2-4H3;1-2H3/b21-17+,24-18+,26-25?;. The van der Waals surface area contributed by atoms with E-state index in [4.69, 9.17) is 4.74 Å². The van der Waals surface area contributed by atoms with Crippen molar-refractivity contribution in [3.63, 3.8) is 0 Å². The molecule has 0 aromatic heterocycles. The SMILES string of the molecule is C=C/C(=C\C=C(/C)CCN(CC)C1CCCCC1)OC(=Nc1ccccc1)SC.CC. The van der Waals surface area contributed by atoms with Gasteiger partial charge in [-0.05, 0) is 63.3 Å². The van der Waals surface area contributed by atoms with Gasteiger partial charge in [-0.25, -0.2) is 4.99 Å². The molecule has 0 amide bonds. The van der Waals surface area contributed by atoms with Crippen LogP contribution in [0.15, 0.2) is 71.5 Å². The second-order valence-electron chi connectivity index (χ2n) is 7.48. The smallest absolute Gasteiger partial charge is 0.256 e. The van der Waals surface area contributed by atoms with Crippen molar-refractivity contribution in [3.05, 3.63) is 66.5 Å². The van der Waals surface area contributed by atoms with E-state index in [1.165, 1.54) is 49.4 Å². The number of ether oxygens (including phenoxy) is 1. The van der Waals surface area contributed by atoms with Gasteiger partial charge in [-0.1, -0.05) is 88.2 Å². The van der Waals surface area contributed by atoms with Crippen molar-refractivity contribution >= 4 is 22.7 Å². The molecule has 0 radical (unpaired) electrons. The summed E-state index contributed by atoms with van der Waals surface area (Å²) >= 11 is 1.49. The van der Waals surface area contributed by atoms with Crippen LogP contribution in [0.1, 0.15) is 66.2 Å². The number of allylic oxidation sites excluding steroid dienone is 3. The molecule has 2 rings (SSSR count). The average molecular weight is 443 g/mol. The lowest BCUT2D eigenvalue weighted by atomic mass is 9.94. The van der Waals surface area contributed by atoms with Crippen LogP contribution in [0.2, 0.25) is 0 Å². The summed E-state index contributed by atoms with van der Waals surface area (Å²) in [6, 6.07) is 10.6. The quantitative estimate of drug-likeness (QED) is 0.167. The summed E-state index contributed by atoms with van der Waals surface area (Å²) < 4.78 is 5.95. The normalized spacial score (nSPS) is 16.0. The van der Waals surface area contributed by atoms with Gasteiger partial charge in [-0.3, -0.25) is 0 Å². The Morgan fingerprint density at radius 2 is 1.84 bits per heavy atom. The molecule has 0 saturated heterocycles. The maximum absolute atomic E-state index is 5.95. The van der Waals surface area contributed by atoms with Gasteiger partial charge >= 0.3 is 0 Å². The fourth-order valence-electron chi connectivity index (χ4n) is 3.64. The predicted octanol–water partition coefficient (Wildman–Crippen LogP) is 8.14. The number of aliphatic imine (C=N–C) groups is 1. The van der Waals surface area contributed by atoms with Gasteiger partial charge in [-0.2, -0.15) is 0 Å². The van der Waals surface area contributed by atoms with E-state index in [-0.39, 0.29) is 0 Å². The lowest BCUT2D eigenvalue weighted by molar-refractivity contribution is 0.165. The number of hydrogen-bond acceptors (Lipinski definition) is 4. The molecule has 1 aliphatic carbocycles. The third-order valence-electron chi connectivity index (χ3n) is 5.38. The molecular weight excluding hydrogens is 400 g/mol. The van der Waals surface area contributed by atoms with Crippen LogP contribution < -0.4 is 0 Å². The topological polar surface area (TPSA) is 24.8 Å². The molecule has 0 bridgehead atoms. The van der Waals surface area contributed by atoms with Crippen LogP contribution in [0, 0.1) is 0 Å². The number of nitrogens with zero attached hydrogens (tertiary/aromatic N) is 2. The van der Waals surface area contributed by atoms with Crippen molar-refractivity contribution in [2.24, 2.45) is 4.99 Å². The highest BCUT2D eigenvalue weighted by atomic mass is 32.2. The zero-order valence-electron chi connectivity index (χ0n) is 20.3. The molecule has 172 valence electrons. The highest BCUT2D eigenvalue weighted by Crippen LogP contribution is 2.23. The van der Waals surface area contributed by atoms with E-state index in [1.54, 1.807) is 6.08 Å². The van der Waals surface area contributed by atoms with Crippen LogP contribution in [0.4, 0.5) is 5.69 Å². The third-order valence-corrected chi connectivity index (χ3v) is 5.90. The van der Waals surface area contributed by atoms with Gasteiger partial charge in [0.05, 0.1) is 5.69 Å². The predicted molar refractivity (Wildman–Crippen MR) is 140 cm³/mol. The molecule has 0 atom stereocenters. The van der Waals surface area contributed by atoms with E-state index in [1.807, 2.05) is 56.5 Å². The molecule has 4 heteroatoms. The van der Waals surface area contributed by atoms with Crippen LogP contribution in [0.5, 0.6) is 0 Å². The van der Waals surface area contributed by atoms with Gasteiger partial charge in [0.25, 0.3) is 5.23 Å². The fraction of sp³-hybridized carbons (Fsp3) is 0.519. The van der Waals surface area contributed by atoms with Gasteiger partial charge in [0, 0.05) is 12.6 Å². The van der Waals surface area contributed by atoms with E-state index >= 15 is 0 Å². The molecule has 0 spiro atoms. The zero-order chi connectivity index (χ0) is 22.9. The third kappa shape index (κ3) is 10.9. The Balaban J connectivity index is 0.00000233. The Labute approximate surface area is 195 Å². The molecule has 0 N–H and O–H groups in total. The van der Waals surface area contributed by atoms with Crippen molar-refractivity contribution in [3.8, 4) is 0 Å². The molecule has 1 aliphatic rings. The lowest BCUT2D eigenvalue weighted by Gasteiger charge is -2.33. The molecule has 0 aliphatic heterocycles. The van der Waals surface area contributed by atoms with Crippen molar-refractivity contribution < 1.29 is 4.74 Å². The minimum absolute atomic E-state index is 0.614. The lowest BCUT2D eigenvalue weighted by Crippen LogP contribution is -2.37. The maximum atomic E-state index is 5.95. The fourth-order valence-corrected chi connectivity index (χ4v) is 4.01. The van der Waals surface area contributed by atoms with Gasteiger partial charge in [0.2, 0.25) is 0 Å². The van der Waals surface area contributed by atoms with E-state index in [0.29, 0.717) is 11.0 Å². The van der Waals surface area contributed by atoms with Gasteiger partial charge in [0.1, 0.15) is 5.76 Å². The number of rotatable bonds is 9. The summed E-state index contributed by atoms with van der Waals surface area (Å²) in [6.07, 6.45) is 15.8. The van der Waals surface area contributed by atoms with Crippen molar-refractivity contribution in [1.29, 1.82) is 0 Å². The van der Waals surface area contributed by atoms with Crippen molar-refractivity contribution in [1.82, 2.24) is 4.90 Å². The largest absolute Gasteiger partial charge is 0.434 e. The molecule has 1 saturated carbocycles. The van der Waals surface area contributed by atoms with Crippen LogP contribution in [0.3, 0.4) is 0 Å². The van der Waals surface area contributed by atoms with E-state index in [0.717, 1.165) is 31.2 Å². The highest BCUT2D eigenvalue weighted by Gasteiger charge is 2.19. The van der Waals surface area contributed by atoms with Crippen LogP contribution in [0.25, 0.3) is 0 Å². The Bertz CT molecular complexity index is 703. The molecule has 1 aromatic carbocycles. The molecule has 1 aromatic rings. The first-order valence-electron chi connectivity index (χ1n) is 11.8. The van der Waals surface area contributed by atoms with E-state index in [9.17, 15) is 0 Å². The van der Waals surface area contributed by atoms with Crippen LogP contribution in [-0.2, 0) is 4.74 Å². The maximum Gasteiger partial charge on any atom is 0.256 e. The highest BCUT2D eigenvalue weighted by molar-refractivity contribution is 8.12. The summed E-state index contributed by atoms with van der Waals surface area (Å²) in [7, 11) is 0. The second-order valence-corrected chi connectivity index (χ2v) is 8.23. The van der Waals surface area contributed by atoms with Gasteiger partial charge in [0.15, 0.2) is 0 Å². The molecular formula is C27H42N2OS. The van der Waals surface area contributed by atoms with Crippen molar-refractivity contribution in [2.75, 3.05) is 19.3 Å². The van der Waals surface area contributed by atoms with Gasteiger partial charge in [-0.15, -0.1) is 0 Å². The minimum atomic E-state index is 0.614. The minimum Gasteiger partial charge on any atom is -0.434 e. The molecule has 31 heavy (non-hydrogen) atoms. The number of para-hydroxylation sites is 1. The summed E-state index contributed by atoms with van der Waals surface area (Å²) in [5, 5.41) is 0.614.